The maximum Gasteiger partial charge on any atom is 0.291 e. The molecule has 1 aliphatic heterocycles. The largest absolute Gasteiger partial charge is 0.383 e. The van der Waals surface area contributed by atoms with Gasteiger partial charge >= 0.3 is 0 Å². The number of likely N-dealkylation sites (tertiary alicyclic amines) is 1. The van der Waals surface area contributed by atoms with E-state index in [4.69, 9.17) is 4.74 Å². The zero-order valence-corrected chi connectivity index (χ0v) is 16.5. The van der Waals surface area contributed by atoms with Crippen LogP contribution in [-0.2, 0) is 17.6 Å². The molecule has 28 heavy (non-hydrogen) atoms. The number of fused-ring (bicyclic) bond motifs is 1. The molecule has 1 amide bonds. The van der Waals surface area contributed by atoms with Crippen molar-refractivity contribution in [1.82, 2.24) is 25.0 Å². The lowest BCUT2D eigenvalue weighted by Crippen LogP contribution is -2.47. The standard InChI is InChI=1S/C21H29N5O2/c1-28-10-9-26(21(27)20-22-15-23-24-20)14-16-5-4-8-25(13-16)19-11-17-6-2-3-7-18(17)12-19/h2-3,6-7,15-16,19H,4-5,8-14H2,1H3,(H,22,23,24)/t16-/m0/s1. The molecule has 2 heterocycles. The van der Waals surface area contributed by atoms with Crippen LogP contribution in [0.25, 0.3) is 0 Å². The van der Waals surface area contributed by atoms with E-state index < -0.39 is 0 Å². The van der Waals surface area contributed by atoms with Gasteiger partial charge in [-0.3, -0.25) is 14.8 Å². The first-order valence-electron chi connectivity index (χ1n) is 10.2. The minimum absolute atomic E-state index is 0.0973. The molecule has 0 radical (unpaired) electrons. The van der Waals surface area contributed by atoms with Crippen molar-refractivity contribution < 1.29 is 9.53 Å². The number of H-pyrrole nitrogens is 1. The van der Waals surface area contributed by atoms with Crippen molar-refractivity contribution in [3.8, 4) is 0 Å². The van der Waals surface area contributed by atoms with Gasteiger partial charge in [0.15, 0.2) is 0 Å². The number of carbonyl (C=O) groups is 1. The summed E-state index contributed by atoms with van der Waals surface area (Å²) in [5.74, 6) is 0.677. The number of methoxy groups -OCH3 is 1. The molecule has 1 saturated heterocycles. The molecule has 1 aromatic carbocycles. The molecule has 1 fully saturated rings. The van der Waals surface area contributed by atoms with Crippen LogP contribution >= 0.6 is 0 Å². The average Bonchev–Trinajstić information content (AvgIpc) is 3.40. The van der Waals surface area contributed by atoms with E-state index in [9.17, 15) is 4.79 Å². The summed E-state index contributed by atoms with van der Waals surface area (Å²) in [7, 11) is 1.66. The number of nitrogens with one attached hydrogen (secondary N) is 1. The first kappa shape index (κ1) is 19.1. The molecule has 4 rings (SSSR count). The Morgan fingerprint density at radius 1 is 1.32 bits per heavy atom. The van der Waals surface area contributed by atoms with Gasteiger partial charge in [-0.15, -0.1) is 0 Å². The highest BCUT2D eigenvalue weighted by Crippen LogP contribution is 2.29. The zero-order valence-electron chi connectivity index (χ0n) is 16.5. The molecule has 1 aromatic heterocycles. The lowest BCUT2D eigenvalue weighted by atomic mass is 9.95. The Balaban J connectivity index is 1.38. The topological polar surface area (TPSA) is 74.3 Å². The van der Waals surface area contributed by atoms with Gasteiger partial charge < -0.3 is 9.64 Å². The molecular formula is C21H29N5O2. The van der Waals surface area contributed by atoms with Crippen molar-refractivity contribution in [1.29, 1.82) is 0 Å². The van der Waals surface area contributed by atoms with E-state index in [2.05, 4.69) is 44.3 Å². The van der Waals surface area contributed by atoms with Crippen LogP contribution in [-0.4, -0.2) is 76.8 Å². The van der Waals surface area contributed by atoms with E-state index in [-0.39, 0.29) is 5.91 Å². The molecule has 1 aliphatic carbocycles. The van der Waals surface area contributed by atoms with Gasteiger partial charge in [0.25, 0.3) is 5.91 Å². The van der Waals surface area contributed by atoms with Crippen molar-refractivity contribution in [3.05, 3.63) is 47.5 Å². The summed E-state index contributed by atoms with van der Waals surface area (Å²) in [4.78, 5) is 21.3. The van der Waals surface area contributed by atoms with Crippen molar-refractivity contribution in [2.45, 2.75) is 31.7 Å². The summed E-state index contributed by atoms with van der Waals surface area (Å²) in [5, 5.41) is 6.50. The number of ether oxygens (including phenoxy) is 1. The average molecular weight is 383 g/mol. The van der Waals surface area contributed by atoms with Crippen LogP contribution in [0.2, 0.25) is 0 Å². The van der Waals surface area contributed by atoms with Gasteiger partial charge in [0.05, 0.1) is 6.61 Å². The molecule has 0 spiro atoms. The van der Waals surface area contributed by atoms with Crippen molar-refractivity contribution in [3.63, 3.8) is 0 Å². The second-order valence-corrected chi connectivity index (χ2v) is 7.91. The van der Waals surface area contributed by atoms with Crippen LogP contribution in [0.15, 0.2) is 30.6 Å². The number of hydrogen-bond acceptors (Lipinski definition) is 5. The van der Waals surface area contributed by atoms with Crippen LogP contribution in [0.4, 0.5) is 0 Å². The number of aromatic amines is 1. The van der Waals surface area contributed by atoms with Crippen molar-refractivity contribution >= 4 is 5.91 Å². The second-order valence-electron chi connectivity index (χ2n) is 7.91. The fourth-order valence-electron chi connectivity index (χ4n) is 4.62. The lowest BCUT2D eigenvalue weighted by molar-refractivity contribution is 0.0563. The summed E-state index contributed by atoms with van der Waals surface area (Å²) in [6.45, 7) is 4.03. The Hall–Kier alpha value is -2.25. The maximum absolute atomic E-state index is 12.8. The van der Waals surface area contributed by atoms with Crippen LogP contribution in [0.5, 0.6) is 0 Å². The third-order valence-corrected chi connectivity index (χ3v) is 6.04. The summed E-state index contributed by atoms with van der Waals surface area (Å²) in [6.07, 6.45) is 6.01. The molecule has 0 saturated carbocycles. The number of aromatic nitrogens is 3. The summed E-state index contributed by atoms with van der Waals surface area (Å²) < 4.78 is 5.22. The van der Waals surface area contributed by atoms with Crippen LogP contribution in [0, 0.1) is 5.92 Å². The van der Waals surface area contributed by atoms with E-state index in [1.807, 2.05) is 4.90 Å². The molecule has 0 unspecified atom stereocenters. The van der Waals surface area contributed by atoms with E-state index in [0.29, 0.717) is 30.9 Å². The van der Waals surface area contributed by atoms with Gasteiger partial charge in [-0.05, 0) is 49.3 Å². The van der Waals surface area contributed by atoms with Gasteiger partial charge in [0.1, 0.15) is 6.33 Å². The molecule has 1 atom stereocenters. The highest BCUT2D eigenvalue weighted by Gasteiger charge is 2.32. The smallest absolute Gasteiger partial charge is 0.291 e. The van der Waals surface area contributed by atoms with Crippen LogP contribution in [0.3, 0.4) is 0 Å². The molecular weight excluding hydrogens is 354 g/mol. The molecule has 1 N–H and O–H groups in total. The molecule has 2 aliphatic rings. The predicted molar refractivity (Wildman–Crippen MR) is 106 cm³/mol. The van der Waals surface area contributed by atoms with Crippen LogP contribution < -0.4 is 0 Å². The SMILES string of the molecule is COCCN(C[C@H]1CCCN(C2Cc3ccccc3C2)C1)C(=O)c1ncn[nH]1. The summed E-state index contributed by atoms with van der Waals surface area (Å²) in [5.41, 5.74) is 2.99. The fourth-order valence-corrected chi connectivity index (χ4v) is 4.62. The van der Waals surface area contributed by atoms with Crippen molar-refractivity contribution in [2.24, 2.45) is 5.92 Å². The molecule has 2 aromatic rings. The third kappa shape index (κ3) is 4.25. The number of benzene rings is 1. The number of piperidine rings is 1. The van der Waals surface area contributed by atoms with Gasteiger partial charge in [-0.25, -0.2) is 4.98 Å². The van der Waals surface area contributed by atoms with Gasteiger partial charge in [0.2, 0.25) is 5.82 Å². The Kier molecular flexibility index (Phi) is 6.02. The molecule has 150 valence electrons. The molecule has 7 nitrogen and oxygen atoms in total. The Bertz CT molecular complexity index is 754. The second kappa shape index (κ2) is 8.84. The zero-order chi connectivity index (χ0) is 19.3. The maximum atomic E-state index is 12.8. The summed E-state index contributed by atoms with van der Waals surface area (Å²) in [6, 6.07) is 9.41. The monoisotopic (exact) mass is 383 g/mol. The minimum Gasteiger partial charge on any atom is -0.383 e. The summed E-state index contributed by atoms with van der Waals surface area (Å²) >= 11 is 0. The Morgan fingerprint density at radius 2 is 2.11 bits per heavy atom. The predicted octanol–water partition coefficient (Wildman–Crippen LogP) is 1.77. The van der Waals surface area contributed by atoms with E-state index in [1.54, 1.807) is 7.11 Å². The number of hydrogen-bond donors (Lipinski definition) is 1. The van der Waals surface area contributed by atoms with Crippen LogP contribution in [0.1, 0.15) is 34.6 Å². The Labute approximate surface area is 166 Å². The molecule has 0 bridgehead atoms. The molecule has 7 heteroatoms. The highest BCUT2D eigenvalue weighted by molar-refractivity contribution is 5.90. The normalized spacial score (nSPS) is 20.2. The van der Waals surface area contributed by atoms with E-state index in [1.165, 1.54) is 23.9 Å². The van der Waals surface area contributed by atoms with E-state index >= 15 is 0 Å². The first-order chi connectivity index (χ1) is 13.7. The number of nitrogens with zero attached hydrogens (tertiary/aromatic N) is 4. The fraction of sp³-hybridized carbons (Fsp3) is 0.571. The van der Waals surface area contributed by atoms with Crippen molar-refractivity contribution in [2.75, 3.05) is 39.9 Å². The number of amides is 1. The van der Waals surface area contributed by atoms with Gasteiger partial charge in [-0.2, -0.15) is 5.10 Å². The number of carbonyl (C=O) groups excluding carboxylic acids is 1. The highest BCUT2D eigenvalue weighted by atomic mass is 16.5. The number of rotatable bonds is 7. The third-order valence-electron chi connectivity index (χ3n) is 6.04. The van der Waals surface area contributed by atoms with E-state index in [0.717, 1.165) is 38.9 Å². The van der Waals surface area contributed by atoms with Gasteiger partial charge in [0, 0.05) is 32.8 Å². The quantitative estimate of drug-likeness (QED) is 0.789. The first-order valence-corrected chi connectivity index (χ1v) is 10.2. The lowest BCUT2D eigenvalue weighted by Gasteiger charge is -2.38. The minimum atomic E-state index is -0.0973. The Morgan fingerprint density at radius 3 is 2.79 bits per heavy atom. The van der Waals surface area contributed by atoms with Gasteiger partial charge in [-0.1, -0.05) is 24.3 Å².